The molecule has 2 rings (SSSR count). The third kappa shape index (κ3) is 2.84. The highest BCUT2D eigenvalue weighted by Crippen LogP contribution is 2.20. The first-order valence-corrected chi connectivity index (χ1v) is 6.56. The van der Waals surface area contributed by atoms with E-state index < -0.39 is 11.8 Å². The van der Waals surface area contributed by atoms with Gasteiger partial charge >= 0.3 is 11.8 Å². The van der Waals surface area contributed by atoms with Crippen molar-refractivity contribution in [3.63, 3.8) is 0 Å². The number of nitrogens with zero attached hydrogens (tertiary/aromatic N) is 2. The number of methoxy groups -OCH3 is 1. The fraction of sp³-hybridized carbons (Fsp3) is 0.429. The summed E-state index contributed by atoms with van der Waals surface area (Å²) in [7, 11) is 1.56. The van der Waals surface area contributed by atoms with Gasteiger partial charge in [0.05, 0.1) is 7.11 Å². The van der Waals surface area contributed by atoms with Gasteiger partial charge in [-0.1, -0.05) is 0 Å². The normalized spacial score (nSPS) is 15.7. The number of nitrogens with two attached hydrogens (primary N) is 1. The number of amides is 2. The Bertz CT molecular complexity index is 530. The summed E-state index contributed by atoms with van der Waals surface area (Å²) in [5.41, 5.74) is 7.22. The van der Waals surface area contributed by atoms with E-state index in [2.05, 4.69) is 0 Å². The van der Waals surface area contributed by atoms with Crippen molar-refractivity contribution < 1.29 is 14.3 Å². The van der Waals surface area contributed by atoms with E-state index in [-0.39, 0.29) is 0 Å². The lowest BCUT2D eigenvalue weighted by atomic mass is 10.1. The lowest BCUT2D eigenvalue weighted by Gasteiger charge is -2.33. The highest BCUT2D eigenvalue weighted by atomic mass is 16.5. The summed E-state index contributed by atoms with van der Waals surface area (Å²) in [6, 6.07) is 5.32. The van der Waals surface area contributed by atoms with Crippen molar-refractivity contribution in [2.24, 2.45) is 0 Å². The van der Waals surface area contributed by atoms with Gasteiger partial charge in [0, 0.05) is 37.9 Å². The minimum absolute atomic E-state index is 0.365. The minimum atomic E-state index is -0.459. The Morgan fingerprint density at radius 2 is 1.80 bits per heavy atom. The van der Waals surface area contributed by atoms with Crippen molar-refractivity contribution in [3.05, 3.63) is 23.8 Å². The molecule has 0 unspecified atom stereocenters. The van der Waals surface area contributed by atoms with Crippen LogP contribution >= 0.6 is 0 Å². The van der Waals surface area contributed by atoms with Crippen molar-refractivity contribution in [1.29, 1.82) is 0 Å². The van der Waals surface area contributed by atoms with E-state index >= 15 is 0 Å². The maximum atomic E-state index is 12.0. The third-order valence-corrected chi connectivity index (χ3v) is 3.38. The van der Waals surface area contributed by atoms with Crippen LogP contribution in [0.4, 0.5) is 5.69 Å². The summed E-state index contributed by atoms with van der Waals surface area (Å²) in [5, 5.41) is 0. The van der Waals surface area contributed by atoms with Crippen LogP contribution in [0, 0.1) is 0 Å². The average Bonchev–Trinajstić information content (AvgIpc) is 2.43. The molecule has 1 aromatic rings. The predicted molar refractivity (Wildman–Crippen MR) is 75.1 cm³/mol. The fourth-order valence-corrected chi connectivity index (χ4v) is 2.28. The zero-order valence-corrected chi connectivity index (χ0v) is 11.8. The molecule has 0 atom stereocenters. The lowest BCUT2D eigenvalue weighted by Crippen LogP contribution is -2.53. The van der Waals surface area contributed by atoms with Gasteiger partial charge in [0.2, 0.25) is 0 Å². The molecule has 20 heavy (non-hydrogen) atoms. The van der Waals surface area contributed by atoms with Gasteiger partial charge in [0.1, 0.15) is 5.75 Å². The number of piperazine rings is 1. The van der Waals surface area contributed by atoms with Crippen LogP contribution < -0.4 is 10.5 Å². The molecule has 0 spiro atoms. The van der Waals surface area contributed by atoms with Gasteiger partial charge in [-0.15, -0.1) is 0 Å². The standard InChI is InChI=1S/C14H19N3O3/c1-3-16-4-5-17(14(19)13(16)18)9-10-6-11(15)8-12(7-10)20-2/h6-8H,3-5,9,15H2,1-2H3. The maximum Gasteiger partial charge on any atom is 0.312 e. The second-order valence-corrected chi connectivity index (χ2v) is 4.73. The fourth-order valence-electron chi connectivity index (χ4n) is 2.28. The summed E-state index contributed by atoms with van der Waals surface area (Å²) in [6.45, 7) is 3.90. The molecule has 0 bridgehead atoms. The number of carbonyl (C=O) groups excluding carboxylic acids is 2. The number of rotatable bonds is 4. The molecular weight excluding hydrogens is 258 g/mol. The van der Waals surface area contributed by atoms with Crippen molar-refractivity contribution in [1.82, 2.24) is 9.80 Å². The average molecular weight is 277 g/mol. The molecule has 6 heteroatoms. The molecule has 1 aliphatic rings. The van der Waals surface area contributed by atoms with Gasteiger partial charge in [-0.25, -0.2) is 0 Å². The highest BCUT2D eigenvalue weighted by molar-refractivity contribution is 6.35. The largest absolute Gasteiger partial charge is 0.497 e. The Labute approximate surface area is 118 Å². The third-order valence-electron chi connectivity index (χ3n) is 3.38. The van der Waals surface area contributed by atoms with E-state index in [0.717, 1.165) is 5.56 Å². The molecule has 0 radical (unpaired) electrons. The SMILES string of the molecule is CCN1CCN(Cc2cc(N)cc(OC)c2)C(=O)C1=O. The molecule has 1 aliphatic heterocycles. The summed E-state index contributed by atoms with van der Waals surface area (Å²) in [6.07, 6.45) is 0. The smallest absolute Gasteiger partial charge is 0.312 e. The zero-order chi connectivity index (χ0) is 14.7. The molecule has 1 saturated heterocycles. The second-order valence-electron chi connectivity index (χ2n) is 4.73. The number of likely N-dealkylation sites (N-methyl/N-ethyl adjacent to an activating group) is 1. The Morgan fingerprint density at radius 3 is 2.45 bits per heavy atom. The van der Waals surface area contributed by atoms with E-state index in [1.807, 2.05) is 13.0 Å². The molecular formula is C14H19N3O3. The summed E-state index contributed by atoms with van der Waals surface area (Å²) in [4.78, 5) is 26.9. The molecule has 1 fully saturated rings. The molecule has 1 aromatic carbocycles. The van der Waals surface area contributed by atoms with Crippen LogP contribution in [-0.4, -0.2) is 48.4 Å². The Hall–Kier alpha value is -2.24. The predicted octanol–water partition coefficient (Wildman–Crippen LogP) is 0.468. The summed E-state index contributed by atoms with van der Waals surface area (Å²) in [5.74, 6) is -0.250. The Morgan fingerprint density at radius 1 is 1.15 bits per heavy atom. The summed E-state index contributed by atoms with van der Waals surface area (Å²) >= 11 is 0. The van der Waals surface area contributed by atoms with Crippen LogP contribution in [0.5, 0.6) is 5.75 Å². The molecule has 1 heterocycles. The molecule has 2 amide bonds. The van der Waals surface area contributed by atoms with Crippen LogP contribution in [0.15, 0.2) is 18.2 Å². The van der Waals surface area contributed by atoms with Crippen LogP contribution in [-0.2, 0) is 16.1 Å². The van der Waals surface area contributed by atoms with Gasteiger partial charge in [-0.3, -0.25) is 9.59 Å². The second kappa shape index (κ2) is 5.81. The van der Waals surface area contributed by atoms with Gasteiger partial charge in [0.25, 0.3) is 0 Å². The van der Waals surface area contributed by atoms with Crippen LogP contribution in [0.1, 0.15) is 12.5 Å². The summed E-state index contributed by atoms with van der Waals surface area (Å²) < 4.78 is 5.15. The van der Waals surface area contributed by atoms with Crippen molar-refractivity contribution >= 4 is 17.5 Å². The number of hydrogen-bond donors (Lipinski definition) is 1. The zero-order valence-electron chi connectivity index (χ0n) is 11.8. The monoisotopic (exact) mass is 277 g/mol. The van der Waals surface area contributed by atoms with Crippen LogP contribution in [0.2, 0.25) is 0 Å². The Kier molecular flexibility index (Phi) is 4.12. The Balaban J connectivity index is 2.12. The van der Waals surface area contributed by atoms with E-state index in [4.69, 9.17) is 10.5 Å². The van der Waals surface area contributed by atoms with Crippen LogP contribution in [0.3, 0.4) is 0 Å². The van der Waals surface area contributed by atoms with Gasteiger partial charge < -0.3 is 20.3 Å². The van der Waals surface area contributed by atoms with Crippen LogP contribution in [0.25, 0.3) is 0 Å². The quantitative estimate of drug-likeness (QED) is 0.641. The lowest BCUT2D eigenvalue weighted by molar-refractivity contribution is -0.156. The molecule has 108 valence electrons. The number of nitrogen functional groups attached to an aromatic ring is 1. The van der Waals surface area contributed by atoms with E-state index in [9.17, 15) is 9.59 Å². The van der Waals surface area contributed by atoms with Crippen molar-refractivity contribution in [3.8, 4) is 5.75 Å². The number of carbonyl (C=O) groups is 2. The number of benzene rings is 1. The molecule has 0 aliphatic carbocycles. The van der Waals surface area contributed by atoms with E-state index in [0.29, 0.717) is 37.6 Å². The minimum Gasteiger partial charge on any atom is -0.497 e. The molecule has 0 saturated carbocycles. The van der Waals surface area contributed by atoms with Gasteiger partial charge in [-0.2, -0.15) is 0 Å². The first-order valence-electron chi connectivity index (χ1n) is 6.56. The number of anilines is 1. The van der Waals surface area contributed by atoms with Gasteiger partial charge in [-0.05, 0) is 24.6 Å². The first kappa shape index (κ1) is 14.2. The van der Waals surface area contributed by atoms with E-state index in [1.165, 1.54) is 0 Å². The van der Waals surface area contributed by atoms with Crippen molar-refractivity contribution in [2.45, 2.75) is 13.5 Å². The number of hydrogen-bond acceptors (Lipinski definition) is 4. The van der Waals surface area contributed by atoms with Gasteiger partial charge in [0.15, 0.2) is 0 Å². The molecule has 0 aromatic heterocycles. The molecule has 2 N–H and O–H groups in total. The first-order chi connectivity index (χ1) is 9.55. The highest BCUT2D eigenvalue weighted by Gasteiger charge is 2.31. The molecule has 6 nitrogen and oxygen atoms in total. The van der Waals surface area contributed by atoms with E-state index in [1.54, 1.807) is 29.0 Å². The number of ether oxygens (including phenoxy) is 1. The van der Waals surface area contributed by atoms with Crippen molar-refractivity contribution in [2.75, 3.05) is 32.5 Å². The maximum absolute atomic E-state index is 12.0. The topological polar surface area (TPSA) is 75.9 Å².